The number of amides is 1. The van der Waals surface area contributed by atoms with Crippen molar-refractivity contribution in [2.24, 2.45) is 0 Å². The molecule has 1 atom stereocenters. The molecule has 110 valence electrons. The van der Waals surface area contributed by atoms with Crippen molar-refractivity contribution in [3.63, 3.8) is 0 Å². The number of aromatic nitrogens is 1. The molecule has 1 heterocycles. The number of pyridine rings is 1. The van der Waals surface area contributed by atoms with E-state index in [9.17, 15) is 18.0 Å². The third-order valence-electron chi connectivity index (χ3n) is 2.99. The van der Waals surface area contributed by atoms with Crippen LogP contribution in [0.25, 0.3) is 0 Å². The number of nitrogens with zero attached hydrogens (tertiary/aromatic N) is 1. The van der Waals surface area contributed by atoms with Crippen molar-refractivity contribution < 1.29 is 18.0 Å². The molecule has 0 bridgehead atoms. The summed E-state index contributed by atoms with van der Waals surface area (Å²) in [5, 5.41) is 2.64. The van der Waals surface area contributed by atoms with Crippen molar-refractivity contribution >= 4 is 5.91 Å². The van der Waals surface area contributed by atoms with E-state index in [0.717, 1.165) is 12.1 Å². The summed E-state index contributed by atoms with van der Waals surface area (Å²) in [5.41, 5.74) is 0.0147. The lowest BCUT2D eigenvalue weighted by atomic mass is 10.0. The summed E-state index contributed by atoms with van der Waals surface area (Å²) < 4.78 is 38.0. The minimum absolute atomic E-state index is 0.358. The van der Waals surface area contributed by atoms with E-state index in [2.05, 4.69) is 10.3 Å². The van der Waals surface area contributed by atoms with Gasteiger partial charge in [0.1, 0.15) is 0 Å². The first kappa shape index (κ1) is 15.0. The van der Waals surface area contributed by atoms with Crippen molar-refractivity contribution in [3.05, 3.63) is 65.5 Å². The van der Waals surface area contributed by atoms with E-state index in [1.807, 2.05) is 0 Å². The second-order valence-electron chi connectivity index (χ2n) is 4.56. The summed E-state index contributed by atoms with van der Waals surface area (Å²) in [6, 6.07) is 7.56. The molecule has 1 amide bonds. The lowest BCUT2D eigenvalue weighted by Crippen LogP contribution is -2.26. The van der Waals surface area contributed by atoms with E-state index in [1.165, 1.54) is 18.5 Å². The Morgan fingerprint density at radius 3 is 2.62 bits per heavy atom. The van der Waals surface area contributed by atoms with Gasteiger partial charge in [0.2, 0.25) is 0 Å². The van der Waals surface area contributed by atoms with Crippen molar-refractivity contribution in [2.75, 3.05) is 0 Å². The molecule has 0 saturated carbocycles. The average Bonchev–Trinajstić information content (AvgIpc) is 2.47. The van der Waals surface area contributed by atoms with Gasteiger partial charge in [-0.05, 0) is 36.8 Å². The summed E-state index contributed by atoms with van der Waals surface area (Å²) in [6.45, 7) is 1.63. The van der Waals surface area contributed by atoms with Crippen LogP contribution in [-0.2, 0) is 6.18 Å². The lowest BCUT2D eigenvalue weighted by molar-refractivity contribution is -0.137. The van der Waals surface area contributed by atoms with Gasteiger partial charge in [0.25, 0.3) is 5.91 Å². The first-order valence-electron chi connectivity index (χ1n) is 6.26. The van der Waals surface area contributed by atoms with E-state index in [-0.39, 0.29) is 5.91 Å². The second kappa shape index (κ2) is 5.95. The minimum atomic E-state index is -4.40. The SMILES string of the molecule is CC(NC(=O)c1cccnc1)c1cccc(C(F)(F)F)c1. The average molecular weight is 294 g/mol. The normalized spacial score (nSPS) is 12.8. The Labute approximate surface area is 119 Å². The van der Waals surface area contributed by atoms with Crippen LogP contribution in [0.3, 0.4) is 0 Å². The standard InChI is InChI=1S/C15H13F3N2O/c1-10(20-14(21)12-5-3-7-19-9-12)11-4-2-6-13(8-11)15(16,17)18/h2-10H,1H3,(H,20,21). The Kier molecular flexibility index (Phi) is 4.26. The number of halogens is 3. The Morgan fingerprint density at radius 1 is 1.24 bits per heavy atom. The molecule has 2 rings (SSSR count). The molecule has 3 nitrogen and oxygen atoms in total. The maximum atomic E-state index is 12.7. The number of carbonyl (C=O) groups excluding carboxylic acids is 1. The highest BCUT2D eigenvalue weighted by atomic mass is 19.4. The fourth-order valence-electron chi connectivity index (χ4n) is 1.84. The van der Waals surface area contributed by atoms with E-state index in [4.69, 9.17) is 0 Å². The van der Waals surface area contributed by atoms with Gasteiger partial charge in [-0.25, -0.2) is 0 Å². The van der Waals surface area contributed by atoms with E-state index >= 15 is 0 Å². The highest BCUT2D eigenvalue weighted by Gasteiger charge is 2.30. The molecule has 0 aliphatic carbocycles. The zero-order valence-corrected chi connectivity index (χ0v) is 11.2. The number of nitrogens with one attached hydrogen (secondary N) is 1. The highest BCUT2D eigenvalue weighted by Crippen LogP contribution is 2.30. The van der Waals surface area contributed by atoms with Gasteiger partial charge >= 0.3 is 6.18 Å². The Bertz CT molecular complexity index is 626. The molecule has 0 radical (unpaired) electrons. The molecular weight excluding hydrogens is 281 g/mol. The number of carbonyl (C=O) groups is 1. The summed E-state index contributed by atoms with van der Waals surface area (Å²) in [4.78, 5) is 15.8. The summed E-state index contributed by atoms with van der Waals surface area (Å²) in [6.07, 6.45) is -1.47. The fraction of sp³-hybridized carbons (Fsp3) is 0.200. The molecular formula is C15H13F3N2O. The van der Waals surface area contributed by atoms with E-state index in [0.29, 0.717) is 11.1 Å². The largest absolute Gasteiger partial charge is 0.416 e. The first-order valence-corrected chi connectivity index (χ1v) is 6.26. The maximum absolute atomic E-state index is 12.7. The van der Waals surface area contributed by atoms with Gasteiger partial charge in [-0.1, -0.05) is 12.1 Å². The van der Waals surface area contributed by atoms with Crippen LogP contribution in [0.5, 0.6) is 0 Å². The first-order chi connectivity index (χ1) is 9.88. The number of hydrogen-bond acceptors (Lipinski definition) is 2. The van der Waals surface area contributed by atoms with Crippen molar-refractivity contribution in [3.8, 4) is 0 Å². The molecule has 0 saturated heterocycles. The molecule has 1 unspecified atom stereocenters. The number of rotatable bonds is 3. The predicted octanol–water partition coefficient (Wildman–Crippen LogP) is 3.59. The van der Waals surface area contributed by atoms with Crippen LogP contribution in [0.1, 0.15) is 34.5 Å². The predicted molar refractivity (Wildman–Crippen MR) is 71.6 cm³/mol. The van der Waals surface area contributed by atoms with Crippen LogP contribution in [0, 0.1) is 0 Å². The van der Waals surface area contributed by atoms with Crippen LogP contribution in [0.2, 0.25) is 0 Å². The lowest BCUT2D eigenvalue weighted by Gasteiger charge is -2.16. The van der Waals surface area contributed by atoms with E-state index < -0.39 is 17.8 Å². The summed E-state index contributed by atoms with van der Waals surface area (Å²) >= 11 is 0. The summed E-state index contributed by atoms with van der Waals surface area (Å²) in [5.74, 6) is -0.381. The Hall–Kier alpha value is -2.37. The Balaban J connectivity index is 2.14. The zero-order valence-electron chi connectivity index (χ0n) is 11.2. The monoisotopic (exact) mass is 294 g/mol. The molecule has 0 spiro atoms. The van der Waals surface area contributed by atoms with Crippen LogP contribution >= 0.6 is 0 Å². The smallest absolute Gasteiger partial charge is 0.345 e. The molecule has 21 heavy (non-hydrogen) atoms. The van der Waals surface area contributed by atoms with Crippen molar-refractivity contribution in [1.29, 1.82) is 0 Å². The summed E-state index contributed by atoms with van der Waals surface area (Å²) in [7, 11) is 0. The van der Waals surface area contributed by atoms with Crippen LogP contribution in [0.15, 0.2) is 48.8 Å². The van der Waals surface area contributed by atoms with Gasteiger partial charge in [0, 0.05) is 12.4 Å². The van der Waals surface area contributed by atoms with Gasteiger partial charge in [-0.3, -0.25) is 9.78 Å². The van der Waals surface area contributed by atoms with Crippen molar-refractivity contribution in [2.45, 2.75) is 19.1 Å². The molecule has 1 aromatic heterocycles. The molecule has 0 fully saturated rings. The van der Waals surface area contributed by atoms with Gasteiger partial charge in [0.15, 0.2) is 0 Å². The number of hydrogen-bond donors (Lipinski definition) is 1. The fourth-order valence-corrected chi connectivity index (χ4v) is 1.84. The molecule has 0 aliphatic rings. The van der Waals surface area contributed by atoms with Gasteiger partial charge in [0.05, 0.1) is 17.2 Å². The van der Waals surface area contributed by atoms with Gasteiger partial charge in [-0.2, -0.15) is 13.2 Å². The Morgan fingerprint density at radius 2 is 2.00 bits per heavy atom. The number of alkyl halides is 3. The molecule has 1 N–H and O–H groups in total. The highest BCUT2D eigenvalue weighted by molar-refractivity contribution is 5.94. The van der Waals surface area contributed by atoms with Crippen LogP contribution in [0.4, 0.5) is 13.2 Å². The topological polar surface area (TPSA) is 42.0 Å². The molecule has 1 aromatic carbocycles. The molecule has 2 aromatic rings. The zero-order chi connectivity index (χ0) is 15.5. The van der Waals surface area contributed by atoms with Crippen LogP contribution in [-0.4, -0.2) is 10.9 Å². The van der Waals surface area contributed by atoms with Crippen molar-refractivity contribution in [1.82, 2.24) is 10.3 Å². The third-order valence-corrected chi connectivity index (χ3v) is 2.99. The quantitative estimate of drug-likeness (QED) is 0.940. The second-order valence-corrected chi connectivity index (χ2v) is 4.56. The third kappa shape index (κ3) is 3.81. The minimum Gasteiger partial charge on any atom is -0.345 e. The van der Waals surface area contributed by atoms with Gasteiger partial charge in [-0.15, -0.1) is 0 Å². The number of benzene rings is 1. The molecule has 0 aliphatic heterocycles. The molecule has 6 heteroatoms. The van der Waals surface area contributed by atoms with E-state index in [1.54, 1.807) is 25.1 Å². The maximum Gasteiger partial charge on any atom is 0.416 e. The van der Waals surface area contributed by atoms with Crippen LogP contribution < -0.4 is 5.32 Å². The van der Waals surface area contributed by atoms with Gasteiger partial charge < -0.3 is 5.32 Å².